The first-order valence-corrected chi connectivity index (χ1v) is 31.2. The topological polar surface area (TPSA) is 78.9 Å². The van der Waals surface area contributed by atoms with E-state index < -0.39 is 6.10 Å². The molecule has 0 aliphatic carbocycles. The number of hydrogen-bond donors (Lipinski definition) is 0. The molecule has 0 heterocycles. The van der Waals surface area contributed by atoms with Crippen LogP contribution in [0, 0.1) is 0 Å². The molecule has 6 heteroatoms. The van der Waals surface area contributed by atoms with Gasteiger partial charge >= 0.3 is 17.9 Å². The molecule has 69 heavy (non-hydrogen) atoms. The molecule has 0 aromatic heterocycles. The lowest BCUT2D eigenvalue weighted by Gasteiger charge is -2.18. The molecule has 0 bridgehead atoms. The Morgan fingerprint density at radius 1 is 0.275 bits per heavy atom. The highest BCUT2D eigenvalue weighted by molar-refractivity contribution is 5.71. The summed E-state index contributed by atoms with van der Waals surface area (Å²) in [5, 5.41) is 0. The maximum atomic E-state index is 12.8. The second kappa shape index (κ2) is 58.7. The van der Waals surface area contributed by atoms with Gasteiger partial charge in [-0.25, -0.2) is 0 Å². The van der Waals surface area contributed by atoms with E-state index in [9.17, 15) is 14.4 Å². The van der Waals surface area contributed by atoms with Gasteiger partial charge in [0, 0.05) is 19.3 Å². The number of carbonyl (C=O) groups is 3. The average molecular weight is 974 g/mol. The van der Waals surface area contributed by atoms with Crippen LogP contribution in [0.15, 0.2) is 12.2 Å². The van der Waals surface area contributed by atoms with Crippen molar-refractivity contribution >= 4 is 17.9 Å². The second-order valence-corrected chi connectivity index (χ2v) is 21.3. The molecule has 0 saturated carbocycles. The van der Waals surface area contributed by atoms with Gasteiger partial charge in [-0.05, 0) is 44.9 Å². The maximum absolute atomic E-state index is 12.8. The highest BCUT2D eigenvalue weighted by Crippen LogP contribution is 2.18. The number of esters is 3. The standard InChI is InChI=1S/C63H120O6/c1-4-7-10-13-15-17-19-21-23-25-27-28-29-30-31-32-33-34-36-37-39-41-43-45-47-50-53-56-62(65)68-59-60(58-67-61(64)55-52-49-12-9-6-3)69-63(66)57-54-51-48-46-44-42-40-38-35-26-24-22-20-18-16-14-11-8-5-2/h25,27,60H,4-24,26,28-59H2,1-3H3/b27-25-. The van der Waals surface area contributed by atoms with Crippen LogP contribution in [0.4, 0.5) is 0 Å². The highest BCUT2D eigenvalue weighted by atomic mass is 16.6. The van der Waals surface area contributed by atoms with Crippen LogP contribution in [0.3, 0.4) is 0 Å². The van der Waals surface area contributed by atoms with Crippen LogP contribution in [0.5, 0.6) is 0 Å². The number of unbranched alkanes of at least 4 members (excludes halogenated alkanes) is 45. The molecule has 0 N–H and O–H groups in total. The number of rotatable bonds is 58. The van der Waals surface area contributed by atoms with Crippen LogP contribution in [-0.2, 0) is 28.6 Å². The van der Waals surface area contributed by atoms with Gasteiger partial charge < -0.3 is 14.2 Å². The summed E-state index contributed by atoms with van der Waals surface area (Å²) >= 11 is 0. The molecular formula is C63H120O6. The summed E-state index contributed by atoms with van der Waals surface area (Å²) in [6.07, 6.45) is 68.4. The normalized spacial score (nSPS) is 12.0. The summed E-state index contributed by atoms with van der Waals surface area (Å²) in [4.78, 5) is 37.9. The Morgan fingerprint density at radius 3 is 0.725 bits per heavy atom. The molecule has 0 amide bonds. The van der Waals surface area contributed by atoms with Crippen molar-refractivity contribution in [1.82, 2.24) is 0 Å². The predicted molar refractivity (Wildman–Crippen MR) is 298 cm³/mol. The van der Waals surface area contributed by atoms with Crippen molar-refractivity contribution in [1.29, 1.82) is 0 Å². The fraction of sp³-hybridized carbons (Fsp3) is 0.921. The maximum Gasteiger partial charge on any atom is 0.306 e. The zero-order valence-electron chi connectivity index (χ0n) is 46.9. The van der Waals surface area contributed by atoms with E-state index in [1.807, 2.05) is 0 Å². The van der Waals surface area contributed by atoms with Crippen molar-refractivity contribution in [2.24, 2.45) is 0 Å². The summed E-state index contributed by atoms with van der Waals surface area (Å²) < 4.78 is 16.8. The summed E-state index contributed by atoms with van der Waals surface area (Å²) in [5.41, 5.74) is 0. The summed E-state index contributed by atoms with van der Waals surface area (Å²) in [6, 6.07) is 0. The van der Waals surface area contributed by atoms with Crippen LogP contribution in [-0.4, -0.2) is 37.2 Å². The molecule has 0 saturated heterocycles. The molecule has 408 valence electrons. The van der Waals surface area contributed by atoms with E-state index in [0.29, 0.717) is 19.3 Å². The lowest BCUT2D eigenvalue weighted by Crippen LogP contribution is -2.30. The first kappa shape index (κ1) is 67.1. The third-order valence-corrected chi connectivity index (χ3v) is 14.3. The zero-order chi connectivity index (χ0) is 50.0. The van der Waals surface area contributed by atoms with Crippen LogP contribution in [0.25, 0.3) is 0 Å². The van der Waals surface area contributed by atoms with E-state index in [0.717, 1.165) is 64.2 Å². The molecule has 0 aromatic carbocycles. The number of ether oxygens (including phenoxy) is 3. The van der Waals surface area contributed by atoms with E-state index in [1.165, 1.54) is 250 Å². The minimum Gasteiger partial charge on any atom is -0.462 e. The van der Waals surface area contributed by atoms with Gasteiger partial charge in [0.25, 0.3) is 0 Å². The lowest BCUT2D eigenvalue weighted by atomic mass is 10.0. The fourth-order valence-corrected chi connectivity index (χ4v) is 9.56. The Bertz CT molecular complexity index is 1070. The smallest absolute Gasteiger partial charge is 0.306 e. The van der Waals surface area contributed by atoms with Gasteiger partial charge in [-0.3, -0.25) is 14.4 Å². The summed E-state index contributed by atoms with van der Waals surface area (Å²) in [6.45, 7) is 6.62. The van der Waals surface area contributed by atoms with Crippen molar-refractivity contribution in [2.75, 3.05) is 13.2 Å². The molecule has 0 aliphatic heterocycles. The molecule has 0 spiro atoms. The van der Waals surface area contributed by atoms with Crippen LogP contribution in [0.1, 0.15) is 355 Å². The third kappa shape index (κ3) is 56.9. The van der Waals surface area contributed by atoms with Crippen molar-refractivity contribution in [3.05, 3.63) is 12.2 Å². The van der Waals surface area contributed by atoms with Crippen molar-refractivity contribution in [3.8, 4) is 0 Å². The van der Waals surface area contributed by atoms with Gasteiger partial charge in [-0.2, -0.15) is 0 Å². The van der Waals surface area contributed by atoms with E-state index in [2.05, 4.69) is 32.9 Å². The first-order chi connectivity index (χ1) is 34.0. The third-order valence-electron chi connectivity index (χ3n) is 14.3. The van der Waals surface area contributed by atoms with Gasteiger partial charge in [0.05, 0.1) is 0 Å². The average Bonchev–Trinajstić information content (AvgIpc) is 3.35. The lowest BCUT2D eigenvalue weighted by molar-refractivity contribution is -0.167. The molecule has 0 rings (SSSR count). The minimum absolute atomic E-state index is 0.0646. The Kier molecular flexibility index (Phi) is 57.1. The predicted octanol–water partition coefficient (Wildman–Crippen LogP) is 20.9. The summed E-state index contributed by atoms with van der Waals surface area (Å²) in [5.74, 6) is -0.854. The molecule has 1 atom stereocenters. The monoisotopic (exact) mass is 973 g/mol. The Balaban J connectivity index is 3.96. The minimum atomic E-state index is -0.762. The van der Waals surface area contributed by atoms with Gasteiger partial charge in [0.2, 0.25) is 0 Å². The second-order valence-electron chi connectivity index (χ2n) is 21.3. The van der Waals surface area contributed by atoms with Crippen molar-refractivity contribution < 1.29 is 28.6 Å². The summed E-state index contributed by atoms with van der Waals surface area (Å²) in [7, 11) is 0. The van der Waals surface area contributed by atoms with Crippen LogP contribution < -0.4 is 0 Å². The van der Waals surface area contributed by atoms with Gasteiger partial charge in [-0.1, -0.05) is 303 Å². The van der Waals surface area contributed by atoms with E-state index in [1.54, 1.807) is 0 Å². The highest BCUT2D eigenvalue weighted by Gasteiger charge is 2.19. The number of allylic oxidation sites excluding steroid dienone is 2. The van der Waals surface area contributed by atoms with Gasteiger partial charge in [-0.15, -0.1) is 0 Å². The molecule has 6 nitrogen and oxygen atoms in total. The molecule has 0 aliphatic rings. The van der Waals surface area contributed by atoms with E-state index in [4.69, 9.17) is 14.2 Å². The van der Waals surface area contributed by atoms with Crippen LogP contribution >= 0.6 is 0 Å². The van der Waals surface area contributed by atoms with Crippen molar-refractivity contribution in [3.63, 3.8) is 0 Å². The zero-order valence-corrected chi connectivity index (χ0v) is 46.9. The van der Waals surface area contributed by atoms with Gasteiger partial charge in [0.1, 0.15) is 13.2 Å². The molecule has 1 unspecified atom stereocenters. The Morgan fingerprint density at radius 2 is 0.478 bits per heavy atom. The Labute approximate surface area is 431 Å². The molecule has 0 fully saturated rings. The number of hydrogen-bond acceptors (Lipinski definition) is 6. The Hall–Kier alpha value is -1.85. The molecular weight excluding hydrogens is 853 g/mol. The SMILES string of the molecule is CCCCCCCCCC/C=C\CCCCCCCCCCCCCCCCCC(=O)OCC(COC(=O)CCCCCCC)OC(=O)CCCCCCCCCCCCCCCCCCCCC. The van der Waals surface area contributed by atoms with Crippen molar-refractivity contribution in [2.45, 2.75) is 361 Å². The van der Waals surface area contributed by atoms with Gasteiger partial charge in [0.15, 0.2) is 6.10 Å². The molecule has 0 aromatic rings. The van der Waals surface area contributed by atoms with E-state index in [-0.39, 0.29) is 31.1 Å². The molecule has 0 radical (unpaired) electrons. The first-order valence-electron chi connectivity index (χ1n) is 31.2. The fourth-order valence-electron chi connectivity index (χ4n) is 9.56. The largest absolute Gasteiger partial charge is 0.462 e. The van der Waals surface area contributed by atoms with Crippen LogP contribution in [0.2, 0.25) is 0 Å². The number of carbonyl (C=O) groups excluding carboxylic acids is 3. The quantitative estimate of drug-likeness (QED) is 0.0261. The van der Waals surface area contributed by atoms with E-state index >= 15 is 0 Å².